The molecule has 9 aromatic carbocycles. The maximum atomic E-state index is 12.5. The van der Waals surface area contributed by atoms with Crippen LogP contribution in [-0.2, 0) is 34.5 Å². The minimum absolute atomic E-state index is 0.0936. The molecule has 27 nitrogen and oxygen atoms in total. The molecule has 20 rings (SSSR count). The van der Waals surface area contributed by atoms with Crippen molar-refractivity contribution in [1.82, 2.24) is 62.7 Å². The first-order chi connectivity index (χ1) is 66.8. The van der Waals surface area contributed by atoms with Crippen LogP contribution in [0.5, 0.6) is 17.2 Å². The van der Waals surface area contributed by atoms with Crippen molar-refractivity contribution in [3.63, 3.8) is 0 Å². The van der Waals surface area contributed by atoms with E-state index in [0.717, 1.165) is 122 Å². The fourth-order valence-corrected chi connectivity index (χ4v) is 16.8. The molecule has 6 N–H and O–H groups in total. The summed E-state index contributed by atoms with van der Waals surface area (Å²) in [5, 5.41) is 23.7. The van der Waals surface area contributed by atoms with Gasteiger partial charge in [-0.15, -0.1) is 0 Å². The largest absolute Gasteiger partial charge is 0.493 e. The highest BCUT2D eigenvalue weighted by Crippen LogP contribution is 2.46. The average Bonchev–Trinajstić information content (AvgIpc) is 1.65. The number of aromatic nitrogens is 13. The number of para-hydroxylation sites is 5. The second kappa shape index (κ2) is 43.1. The second-order valence-electron chi connectivity index (χ2n) is 30.8. The second-order valence-corrected chi connectivity index (χ2v) is 30.8. The van der Waals surface area contributed by atoms with Crippen molar-refractivity contribution in [2.75, 3.05) is 39.4 Å². The van der Waals surface area contributed by atoms with Crippen LogP contribution in [0.2, 0.25) is 0 Å². The number of nitrogen functional groups attached to an aromatic ring is 2. The summed E-state index contributed by atoms with van der Waals surface area (Å²) in [4.78, 5) is 98.8. The summed E-state index contributed by atoms with van der Waals surface area (Å²) in [5.41, 5.74) is 34.9. The molecule has 27 heteroatoms. The highest BCUT2D eigenvalue weighted by atomic mass is 16.5. The number of fused-ring (bicyclic) bond motifs is 4. The standard InChI is InChI=1S/C36H23N3.C20H20N2O4.C19H20N4O2.C17H16N4O2.C17H14N2O2.CO2/c1-2-12-25(13-3-1)39-23-24(35-26-14-4-8-18-30(26)37-31-19-9-5-15-27(31)35)22-34(39)36-28-16-6-10-20-32(28)38-33-21-11-7-17-29(33)36;1-13(23)22-12-16(14-6-5-7-21-11-14)8-17(22)15-9-18(24-2)20(26-4)19(10-15)25-3;1-3-23-16(15-10-11-21-19(20)22-15)12-14(18(24)25-4-2)17(23)13-8-6-5-7-9-13;1-2-21-14(13-8-9-19-17(18)20-13)10-12(16(22)23)15(21)11-6-4-3-5-7-11;1-19-15(13-8-5-9-18-11-13)10-14(17(20)21)16(19)12-6-3-2-4-7-12;2-1-3/h1-23H;5-12H,1-4H3;5-12H,3-4H2,1-2H3,(H2,20,21,22);3-10H,2H2,1H3,(H,22,23)(H2,18,19,20);2-11H,1H3,(H,20,21);. The molecule has 0 aliphatic heterocycles. The van der Waals surface area contributed by atoms with Gasteiger partial charge in [-0.25, -0.2) is 44.3 Å². The Morgan fingerprint density at radius 3 is 1.21 bits per heavy atom. The normalized spacial score (nSPS) is 10.7. The van der Waals surface area contributed by atoms with Gasteiger partial charge in [-0.05, 0) is 147 Å². The van der Waals surface area contributed by atoms with Crippen LogP contribution in [-0.4, -0.2) is 131 Å². The van der Waals surface area contributed by atoms with Gasteiger partial charge >= 0.3 is 24.1 Å². The number of esters is 1. The van der Waals surface area contributed by atoms with Gasteiger partial charge in [0.05, 0.1) is 124 Å². The van der Waals surface area contributed by atoms with Crippen molar-refractivity contribution in [2.45, 2.75) is 40.8 Å². The van der Waals surface area contributed by atoms with Crippen molar-refractivity contribution in [3.8, 4) is 136 Å². The minimum Gasteiger partial charge on any atom is -0.493 e. The van der Waals surface area contributed by atoms with Crippen molar-refractivity contribution in [3.05, 3.63) is 364 Å². The van der Waals surface area contributed by atoms with E-state index in [1.54, 1.807) is 100 Å². The van der Waals surface area contributed by atoms with Crippen LogP contribution in [0.15, 0.2) is 347 Å². The van der Waals surface area contributed by atoms with Gasteiger partial charge in [0.1, 0.15) is 0 Å². The maximum absolute atomic E-state index is 12.5. The number of aromatic carboxylic acids is 2. The number of ether oxygens (including phenoxy) is 4. The zero-order valence-electron chi connectivity index (χ0n) is 76.0. The summed E-state index contributed by atoms with van der Waals surface area (Å²) in [6.45, 7) is 8.90. The molecule has 0 radical (unpaired) electrons. The number of carboxylic acid groups (broad SMARTS) is 2. The SMILES string of the molecule is CCOC(=O)c1cc(-c2ccnc(N)n2)n(CC)c1-c1ccccc1.CCn1c(-c2ccnc(N)n2)cc(C(=O)O)c1-c1ccccc1.COc1cc(-c2cc(-c3cccnc3)cn2C(C)=O)cc(OC)c1OC.Cn1c(-c2cccnc2)cc(C(=O)O)c1-c1ccccc1.O=C=O.c1ccc(-n2cc(-c3c4ccccc4nc4ccccc34)cc2-c2c3ccccc3nc3ccccc23)cc1. The van der Waals surface area contributed by atoms with Crippen LogP contribution in [0.4, 0.5) is 11.9 Å². The monoisotopic (exact) mass is 1820 g/mol. The topological polar surface area (TPSA) is 360 Å². The van der Waals surface area contributed by atoms with E-state index in [1.165, 1.54) is 18.1 Å². The molecule has 0 saturated carbocycles. The van der Waals surface area contributed by atoms with E-state index in [9.17, 15) is 29.4 Å². The summed E-state index contributed by atoms with van der Waals surface area (Å²) in [6.07, 6.45) is 14.4. The van der Waals surface area contributed by atoms with Crippen LogP contribution in [0.1, 0.15) is 63.6 Å². The first-order valence-electron chi connectivity index (χ1n) is 43.6. The van der Waals surface area contributed by atoms with Gasteiger partial charge < -0.3 is 58.9 Å². The van der Waals surface area contributed by atoms with Gasteiger partial charge in [-0.3, -0.25) is 19.3 Å². The predicted octanol–water partition coefficient (Wildman–Crippen LogP) is 22.3. The molecule has 0 amide bonds. The Morgan fingerprint density at radius 1 is 0.387 bits per heavy atom. The quantitative estimate of drug-likeness (QED) is 0.0407. The Labute approximate surface area is 787 Å². The Hall–Kier alpha value is -18.4. The van der Waals surface area contributed by atoms with Gasteiger partial charge in [-0.2, -0.15) is 9.59 Å². The maximum Gasteiger partial charge on any atom is 0.373 e. The number of pyridine rings is 4. The van der Waals surface area contributed by atoms with Crippen LogP contribution in [0.25, 0.3) is 162 Å². The zero-order chi connectivity index (χ0) is 96.2. The van der Waals surface area contributed by atoms with E-state index in [0.29, 0.717) is 76.5 Å². The molecule has 680 valence electrons. The van der Waals surface area contributed by atoms with Crippen molar-refractivity contribution in [1.29, 1.82) is 0 Å². The van der Waals surface area contributed by atoms with Gasteiger partial charge in [0.15, 0.2) is 11.5 Å². The first kappa shape index (κ1) is 93.3. The van der Waals surface area contributed by atoms with Crippen LogP contribution in [0.3, 0.4) is 0 Å². The number of carbonyl (C=O) groups is 4. The molecule has 11 aromatic heterocycles. The lowest BCUT2D eigenvalue weighted by molar-refractivity contribution is -0.191. The van der Waals surface area contributed by atoms with Gasteiger partial charge in [0, 0.05) is 143 Å². The lowest BCUT2D eigenvalue weighted by Crippen LogP contribution is -2.07. The lowest BCUT2D eigenvalue weighted by Gasteiger charge is -2.14. The molecule has 0 fully saturated rings. The average molecular weight is 1820 g/mol. The van der Waals surface area contributed by atoms with Crippen LogP contribution in [0, 0.1) is 0 Å². The summed E-state index contributed by atoms with van der Waals surface area (Å²) in [6, 6.07) is 97.3. The fraction of sp³-hybridized carbons (Fsp3) is 0.100. The van der Waals surface area contributed by atoms with E-state index >= 15 is 0 Å². The number of benzene rings is 9. The molecule has 0 aliphatic rings. The van der Waals surface area contributed by atoms with Crippen molar-refractivity contribution < 1.29 is 57.9 Å². The minimum atomic E-state index is -0.973. The number of hydrogen-bond acceptors (Lipinski definition) is 20. The molecular weight excluding hydrogens is 1720 g/mol. The molecule has 0 aliphatic carbocycles. The van der Waals surface area contributed by atoms with E-state index in [4.69, 9.17) is 50.0 Å². The molecule has 0 unspecified atom stereocenters. The third kappa shape index (κ3) is 20.3. The van der Waals surface area contributed by atoms with Crippen molar-refractivity contribution >= 4 is 85.5 Å². The highest BCUT2D eigenvalue weighted by molar-refractivity contribution is 6.13. The number of carbonyl (C=O) groups excluding carboxylic acids is 4. The molecule has 0 saturated heterocycles. The molecular formula is C110H93N15O12. The molecule has 0 atom stereocenters. The van der Waals surface area contributed by atoms with Gasteiger partial charge in [-0.1, -0.05) is 188 Å². The summed E-state index contributed by atoms with van der Waals surface area (Å²) < 4.78 is 31.3. The number of anilines is 2. The Bertz CT molecular complexity index is 7640. The number of rotatable bonds is 20. The Balaban J connectivity index is 0.000000132. The number of hydrogen-bond donors (Lipinski definition) is 4. The Kier molecular flexibility index (Phi) is 29.4. The Morgan fingerprint density at radius 2 is 0.788 bits per heavy atom. The third-order valence-corrected chi connectivity index (χ3v) is 22.7. The summed E-state index contributed by atoms with van der Waals surface area (Å²) in [5.74, 6) is -0.432. The first-order valence-corrected chi connectivity index (χ1v) is 43.6. The smallest absolute Gasteiger partial charge is 0.373 e. The van der Waals surface area contributed by atoms with Crippen molar-refractivity contribution in [2.24, 2.45) is 7.05 Å². The molecule has 11 heterocycles. The molecule has 0 spiro atoms. The molecule has 20 aromatic rings. The summed E-state index contributed by atoms with van der Waals surface area (Å²) in [7, 11) is 6.55. The number of methoxy groups -OCH3 is 3. The highest BCUT2D eigenvalue weighted by Gasteiger charge is 2.28. The van der Waals surface area contributed by atoms with Gasteiger partial charge in [0.2, 0.25) is 23.6 Å². The lowest BCUT2D eigenvalue weighted by atomic mass is 9.96. The molecule has 0 bridgehead atoms. The predicted molar refractivity (Wildman–Crippen MR) is 532 cm³/mol. The van der Waals surface area contributed by atoms with Crippen LogP contribution < -0.4 is 25.7 Å². The summed E-state index contributed by atoms with van der Waals surface area (Å²) >= 11 is 0. The van der Waals surface area contributed by atoms with E-state index in [-0.39, 0.29) is 35.5 Å². The van der Waals surface area contributed by atoms with E-state index < -0.39 is 11.9 Å². The number of nitrogens with zero attached hydrogens (tertiary/aromatic N) is 13. The zero-order valence-corrected chi connectivity index (χ0v) is 76.0. The molecule has 137 heavy (non-hydrogen) atoms. The van der Waals surface area contributed by atoms with E-state index in [1.807, 2.05) is 174 Å². The van der Waals surface area contributed by atoms with E-state index in [2.05, 4.69) is 174 Å². The van der Waals surface area contributed by atoms with Gasteiger partial charge in [0.25, 0.3) is 0 Å². The number of nitrogens with two attached hydrogens (primary N) is 2. The fourth-order valence-electron chi connectivity index (χ4n) is 16.8. The number of carboxylic acids is 2. The third-order valence-electron chi connectivity index (χ3n) is 22.7. The van der Waals surface area contributed by atoms with Crippen LogP contribution >= 0.6 is 0 Å².